The number of rotatable bonds is 61. The van der Waals surface area contributed by atoms with Gasteiger partial charge in [-0.1, -0.05) is 309 Å². The SMILES string of the molecule is CCCCCCCCCCCCCCCCCCC/C=C/C(O)C(COC1OC(CO)C(OC2OC(CO)C(OC3OC(CO)C(O)C(O)C3O)C(O)C2O)C(O)C1O)NC(=O)CCCCCCCCCCCCCCCCCCCCCCCCCCCCCCC. The molecule has 0 aliphatic carbocycles. The number of carbonyl (C=O) groups is 1. The summed E-state index contributed by atoms with van der Waals surface area (Å²) < 4.78 is 34.4. The Kier molecular flexibility index (Phi) is 51.9. The molecule has 0 radical (unpaired) electrons. The third-order valence-electron chi connectivity index (χ3n) is 19.6. The number of hydrogen-bond donors (Lipinski definition) is 12. The van der Waals surface area contributed by atoms with Crippen LogP contribution in [-0.2, 0) is 33.2 Å². The third kappa shape index (κ3) is 37.5. The minimum Gasteiger partial charge on any atom is -0.394 e. The van der Waals surface area contributed by atoms with E-state index in [1.165, 1.54) is 250 Å². The Morgan fingerprint density at radius 1 is 0.376 bits per heavy atom. The van der Waals surface area contributed by atoms with Crippen molar-refractivity contribution in [1.29, 1.82) is 0 Å². The van der Waals surface area contributed by atoms with Gasteiger partial charge in [-0.3, -0.25) is 4.79 Å². The molecule has 550 valence electrons. The molecule has 3 heterocycles. The zero-order valence-corrected chi connectivity index (χ0v) is 58.5. The van der Waals surface area contributed by atoms with Crippen molar-refractivity contribution in [3.8, 4) is 0 Å². The lowest BCUT2D eigenvalue weighted by molar-refractivity contribution is -0.379. The van der Waals surface area contributed by atoms with E-state index in [2.05, 4.69) is 19.2 Å². The Morgan fingerprint density at radius 3 is 1.01 bits per heavy atom. The molecule has 0 aromatic heterocycles. The summed E-state index contributed by atoms with van der Waals surface area (Å²) in [6, 6.07) is -0.969. The molecule has 0 saturated carbocycles. The van der Waals surface area contributed by atoms with Crippen LogP contribution in [0.15, 0.2) is 12.2 Å². The van der Waals surface area contributed by atoms with Crippen LogP contribution >= 0.6 is 0 Å². The molecule has 3 aliphatic rings. The number of aliphatic hydroxyl groups excluding tert-OH is 11. The number of unbranched alkanes of at least 4 members (excludes halogenated alkanes) is 45. The first-order valence-electron chi connectivity index (χ1n) is 38.4. The Hall–Kier alpha value is -1.47. The van der Waals surface area contributed by atoms with Crippen LogP contribution < -0.4 is 5.32 Å². The fourth-order valence-electron chi connectivity index (χ4n) is 13.4. The molecule has 0 bridgehead atoms. The van der Waals surface area contributed by atoms with Gasteiger partial charge in [-0.2, -0.15) is 0 Å². The zero-order valence-electron chi connectivity index (χ0n) is 58.5. The summed E-state index contributed by atoms with van der Waals surface area (Å²) in [6.07, 6.45) is 37.7. The van der Waals surface area contributed by atoms with Gasteiger partial charge < -0.3 is 89.9 Å². The van der Waals surface area contributed by atoms with E-state index in [4.69, 9.17) is 28.4 Å². The van der Waals surface area contributed by atoms with Crippen molar-refractivity contribution in [2.75, 3.05) is 26.4 Å². The smallest absolute Gasteiger partial charge is 0.220 e. The number of nitrogens with one attached hydrogen (secondary N) is 1. The minimum atomic E-state index is -1.98. The number of hydrogen-bond acceptors (Lipinski definition) is 18. The van der Waals surface area contributed by atoms with Gasteiger partial charge in [0.15, 0.2) is 18.9 Å². The molecule has 0 aromatic carbocycles. The van der Waals surface area contributed by atoms with Crippen LogP contribution in [0.1, 0.15) is 322 Å². The van der Waals surface area contributed by atoms with Gasteiger partial charge in [0.05, 0.1) is 38.6 Å². The molecular formula is C74H141NO18. The molecule has 3 saturated heterocycles. The van der Waals surface area contributed by atoms with Crippen LogP contribution in [0, 0.1) is 0 Å². The van der Waals surface area contributed by atoms with Crippen molar-refractivity contribution in [1.82, 2.24) is 5.32 Å². The van der Waals surface area contributed by atoms with Crippen molar-refractivity contribution in [2.24, 2.45) is 0 Å². The lowest BCUT2D eigenvalue weighted by Gasteiger charge is -2.48. The number of aliphatic hydroxyl groups is 11. The molecule has 17 unspecified atom stereocenters. The van der Waals surface area contributed by atoms with Crippen LogP contribution in [0.25, 0.3) is 0 Å². The largest absolute Gasteiger partial charge is 0.394 e. The van der Waals surface area contributed by atoms with Crippen LogP contribution in [0.5, 0.6) is 0 Å². The van der Waals surface area contributed by atoms with E-state index in [0.717, 1.165) is 44.9 Å². The Balaban J connectivity index is 1.38. The second-order valence-corrected chi connectivity index (χ2v) is 27.8. The highest BCUT2D eigenvalue weighted by Crippen LogP contribution is 2.33. The highest BCUT2D eigenvalue weighted by Gasteiger charge is 2.53. The Labute approximate surface area is 563 Å². The third-order valence-corrected chi connectivity index (χ3v) is 19.6. The summed E-state index contributed by atoms with van der Waals surface area (Å²) in [5.41, 5.74) is 0. The van der Waals surface area contributed by atoms with Crippen molar-refractivity contribution in [3.05, 3.63) is 12.2 Å². The average molecular weight is 1330 g/mol. The number of allylic oxidation sites excluding steroid dienone is 1. The summed E-state index contributed by atoms with van der Waals surface area (Å²) >= 11 is 0. The second-order valence-electron chi connectivity index (χ2n) is 27.8. The predicted octanol–water partition coefficient (Wildman–Crippen LogP) is 11.6. The maximum Gasteiger partial charge on any atom is 0.220 e. The Bertz CT molecular complexity index is 1730. The van der Waals surface area contributed by atoms with Crippen molar-refractivity contribution >= 4 is 5.91 Å². The zero-order chi connectivity index (χ0) is 67.5. The number of carbonyl (C=O) groups excluding carboxylic acids is 1. The molecule has 3 rings (SSSR count). The van der Waals surface area contributed by atoms with Gasteiger partial charge in [0.2, 0.25) is 5.91 Å². The quantitative estimate of drug-likeness (QED) is 0.0199. The number of amides is 1. The molecule has 0 aromatic rings. The van der Waals surface area contributed by atoms with E-state index in [-0.39, 0.29) is 18.9 Å². The highest BCUT2D eigenvalue weighted by atomic mass is 16.8. The van der Waals surface area contributed by atoms with Crippen molar-refractivity contribution in [3.63, 3.8) is 0 Å². The highest BCUT2D eigenvalue weighted by molar-refractivity contribution is 5.76. The molecular weight excluding hydrogens is 1190 g/mol. The number of ether oxygens (including phenoxy) is 6. The van der Waals surface area contributed by atoms with Gasteiger partial charge in [0.1, 0.15) is 73.2 Å². The average Bonchev–Trinajstić information content (AvgIpc) is 0.995. The molecule has 17 atom stereocenters. The topological polar surface area (TPSA) is 307 Å². The van der Waals surface area contributed by atoms with Crippen molar-refractivity contribution < 1.29 is 89.4 Å². The Morgan fingerprint density at radius 2 is 0.667 bits per heavy atom. The first-order valence-corrected chi connectivity index (χ1v) is 38.4. The summed E-state index contributed by atoms with van der Waals surface area (Å²) in [5, 5.41) is 121. The van der Waals surface area contributed by atoms with E-state index in [9.17, 15) is 61.0 Å². The summed E-state index contributed by atoms with van der Waals surface area (Å²) in [4.78, 5) is 13.4. The van der Waals surface area contributed by atoms with E-state index < -0.39 is 124 Å². The molecule has 19 heteroatoms. The van der Waals surface area contributed by atoms with E-state index >= 15 is 0 Å². The maximum absolute atomic E-state index is 13.4. The van der Waals surface area contributed by atoms with Gasteiger partial charge in [0, 0.05) is 6.42 Å². The fourth-order valence-corrected chi connectivity index (χ4v) is 13.4. The van der Waals surface area contributed by atoms with Crippen LogP contribution in [0.2, 0.25) is 0 Å². The lowest BCUT2D eigenvalue weighted by atomic mass is 9.96. The standard InChI is InChI=1S/C74H141NO18/c1-3-5-7-9-11-13-15-17-19-21-23-24-25-26-27-28-29-30-31-32-34-36-38-40-42-44-46-48-50-52-62(80)75-57(58(79)51-49-47-45-43-41-39-37-35-33-22-20-18-16-14-12-10-8-6-4-2)56-88-72-68(86)65(83)70(60(54-77)90-72)93-74-69(87)66(84)71(61(55-78)91-74)92-73-67(85)64(82)63(81)59(53-76)89-73/h49,51,57-61,63-74,76-79,81-87H,3-48,50,52-56H2,1-2H3,(H,75,80)/b51-49+. The molecule has 0 spiro atoms. The van der Waals surface area contributed by atoms with E-state index in [1.54, 1.807) is 6.08 Å². The predicted molar refractivity (Wildman–Crippen MR) is 365 cm³/mol. The molecule has 1 amide bonds. The monoisotopic (exact) mass is 1330 g/mol. The molecule has 12 N–H and O–H groups in total. The molecule has 19 nitrogen and oxygen atoms in total. The van der Waals surface area contributed by atoms with E-state index in [1.807, 2.05) is 6.08 Å². The summed E-state index contributed by atoms with van der Waals surface area (Å²) in [6.45, 7) is 1.79. The first kappa shape index (κ1) is 85.8. The van der Waals surface area contributed by atoms with Crippen LogP contribution in [0.4, 0.5) is 0 Å². The fraction of sp³-hybridized carbons (Fsp3) is 0.959. The van der Waals surface area contributed by atoms with Crippen LogP contribution in [0.3, 0.4) is 0 Å². The molecule has 3 fully saturated rings. The van der Waals surface area contributed by atoms with Crippen molar-refractivity contribution in [2.45, 2.75) is 426 Å². The molecule has 93 heavy (non-hydrogen) atoms. The second kappa shape index (κ2) is 56.3. The lowest BCUT2D eigenvalue weighted by Crippen LogP contribution is -2.66. The first-order chi connectivity index (χ1) is 45.3. The normalized spacial score (nSPS) is 27.5. The maximum atomic E-state index is 13.4. The molecule has 3 aliphatic heterocycles. The summed E-state index contributed by atoms with van der Waals surface area (Å²) in [5.74, 6) is -0.267. The van der Waals surface area contributed by atoms with E-state index in [0.29, 0.717) is 6.42 Å². The minimum absolute atomic E-state index is 0.250. The van der Waals surface area contributed by atoms with Gasteiger partial charge >= 0.3 is 0 Å². The van der Waals surface area contributed by atoms with Crippen LogP contribution in [-0.4, -0.2) is 193 Å². The van der Waals surface area contributed by atoms with Gasteiger partial charge in [-0.05, 0) is 19.3 Å². The summed E-state index contributed by atoms with van der Waals surface area (Å²) in [7, 11) is 0. The van der Waals surface area contributed by atoms with Gasteiger partial charge in [-0.25, -0.2) is 0 Å². The van der Waals surface area contributed by atoms with Gasteiger partial charge in [-0.15, -0.1) is 0 Å². The van der Waals surface area contributed by atoms with Gasteiger partial charge in [0.25, 0.3) is 0 Å².